The molecule has 6 rings (SSSR count). The van der Waals surface area contributed by atoms with E-state index in [2.05, 4.69) is 4.98 Å². The fourth-order valence-electron chi connectivity index (χ4n) is 4.42. The summed E-state index contributed by atoms with van der Waals surface area (Å²) in [6, 6.07) is 14.7. The summed E-state index contributed by atoms with van der Waals surface area (Å²) in [5, 5.41) is 6.60. The highest BCUT2D eigenvalue weighted by molar-refractivity contribution is 7.13. The minimum atomic E-state index is -0.603. The number of aromatic nitrogens is 3. The predicted octanol–water partition coefficient (Wildman–Crippen LogP) is 3.57. The lowest BCUT2D eigenvalue weighted by Gasteiger charge is -2.34. The molecule has 2 aromatic carbocycles. The van der Waals surface area contributed by atoms with Crippen LogP contribution in [0, 0.1) is 0 Å². The molecule has 1 unspecified atom stereocenters. The number of anilines is 1. The van der Waals surface area contributed by atoms with Crippen LogP contribution in [0.1, 0.15) is 22.1 Å². The highest BCUT2D eigenvalue weighted by Gasteiger charge is 2.47. The molecule has 0 fully saturated rings. The number of hydrogen-bond donors (Lipinski definition) is 0. The molecule has 0 saturated heterocycles. The van der Waals surface area contributed by atoms with Crippen molar-refractivity contribution in [1.29, 1.82) is 0 Å². The van der Waals surface area contributed by atoms with Crippen LogP contribution in [0.4, 0.5) is 5.69 Å². The second-order valence-corrected chi connectivity index (χ2v) is 8.29. The highest BCUT2D eigenvalue weighted by Crippen LogP contribution is 2.50. The van der Waals surface area contributed by atoms with Crippen molar-refractivity contribution in [2.24, 2.45) is 0 Å². The maximum absolute atomic E-state index is 13.7. The van der Waals surface area contributed by atoms with E-state index in [0.717, 1.165) is 4.88 Å². The maximum atomic E-state index is 13.7. The van der Waals surface area contributed by atoms with Gasteiger partial charge in [0.1, 0.15) is 0 Å². The third-order valence-corrected chi connectivity index (χ3v) is 6.64. The number of thiophene rings is 1. The molecule has 0 bridgehead atoms. The van der Waals surface area contributed by atoms with Gasteiger partial charge in [0.05, 0.1) is 30.3 Å². The number of ether oxygens (including phenoxy) is 2. The summed E-state index contributed by atoms with van der Waals surface area (Å²) in [5.74, 6) is 1.04. The Morgan fingerprint density at radius 1 is 1.00 bits per heavy atom. The zero-order valence-corrected chi connectivity index (χ0v) is 17.9. The van der Waals surface area contributed by atoms with E-state index in [4.69, 9.17) is 14.6 Å². The number of fused-ring (bicyclic) bond motifs is 8. The number of amides is 1. The number of benzene rings is 2. The predicted molar refractivity (Wildman–Crippen MR) is 120 cm³/mol. The summed E-state index contributed by atoms with van der Waals surface area (Å²) in [6.45, 7) is 0. The van der Waals surface area contributed by atoms with Crippen molar-refractivity contribution in [3.63, 3.8) is 0 Å². The minimum Gasteiger partial charge on any atom is -0.493 e. The summed E-state index contributed by atoms with van der Waals surface area (Å²) < 4.78 is 12.6. The van der Waals surface area contributed by atoms with Crippen LogP contribution in [-0.2, 0) is 0 Å². The Hall–Kier alpha value is -3.98. The van der Waals surface area contributed by atoms with Gasteiger partial charge in [-0.25, -0.2) is 4.68 Å². The number of nitrogens with zero attached hydrogens (tertiary/aromatic N) is 4. The zero-order valence-electron chi connectivity index (χ0n) is 17.1. The fourth-order valence-corrected chi connectivity index (χ4v) is 5.12. The number of hydrogen-bond acceptors (Lipinski definition) is 7. The normalized spacial score (nSPS) is 15.6. The van der Waals surface area contributed by atoms with E-state index >= 15 is 0 Å². The smallest absolute Gasteiger partial charge is 0.300 e. The summed E-state index contributed by atoms with van der Waals surface area (Å²) in [5.41, 5.74) is 2.30. The number of carbonyl (C=O) groups excluding carboxylic acids is 1. The Morgan fingerprint density at radius 2 is 1.84 bits per heavy atom. The molecule has 4 aromatic rings. The minimum absolute atomic E-state index is 0.225. The summed E-state index contributed by atoms with van der Waals surface area (Å²) in [7, 11) is 3.04. The molecular formula is C23H16N4O4S. The Balaban J connectivity index is 1.69. The highest BCUT2D eigenvalue weighted by atomic mass is 32.1. The van der Waals surface area contributed by atoms with Gasteiger partial charge in [0.25, 0.3) is 5.91 Å². The van der Waals surface area contributed by atoms with E-state index in [-0.39, 0.29) is 11.6 Å². The lowest BCUT2D eigenvalue weighted by molar-refractivity contribution is 0.0983. The first kappa shape index (κ1) is 18.8. The van der Waals surface area contributed by atoms with Gasteiger partial charge < -0.3 is 9.47 Å². The fraction of sp³-hybridized carbons (Fsp3) is 0.130. The van der Waals surface area contributed by atoms with Crippen molar-refractivity contribution in [3.8, 4) is 33.5 Å². The molecule has 4 heterocycles. The summed E-state index contributed by atoms with van der Waals surface area (Å²) >= 11 is 1.42. The first-order chi connectivity index (χ1) is 15.6. The van der Waals surface area contributed by atoms with Gasteiger partial charge in [-0.15, -0.1) is 11.3 Å². The van der Waals surface area contributed by atoms with Gasteiger partial charge in [0.15, 0.2) is 29.2 Å². The van der Waals surface area contributed by atoms with Crippen molar-refractivity contribution >= 4 is 22.9 Å². The molecule has 9 heteroatoms. The quantitative estimate of drug-likeness (QED) is 0.480. The van der Waals surface area contributed by atoms with E-state index in [0.29, 0.717) is 39.7 Å². The van der Waals surface area contributed by atoms with Crippen molar-refractivity contribution in [1.82, 2.24) is 14.8 Å². The molecule has 2 aromatic heterocycles. The molecule has 0 spiro atoms. The van der Waals surface area contributed by atoms with Gasteiger partial charge in [-0.05, 0) is 29.6 Å². The Morgan fingerprint density at radius 3 is 2.59 bits per heavy atom. The van der Waals surface area contributed by atoms with Gasteiger partial charge in [0, 0.05) is 11.1 Å². The van der Waals surface area contributed by atoms with E-state index in [1.54, 1.807) is 15.6 Å². The van der Waals surface area contributed by atoms with Crippen LogP contribution < -0.4 is 19.9 Å². The second kappa shape index (κ2) is 6.76. The topological polar surface area (TPSA) is 86.6 Å². The van der Waals surface area contributed by atoms with Crippen molar-refractivity contribution in [2.75, 3.05) is 19.1 Å². The van der Waals surface area contributed by atoms with Gasteiger partial charge in [-0.2, -0.15) is 10.1 Å². The molecule has 158 valence electrons. The van der Waals surface area contributed by atoms with E-state index in [9.17, 15) is 9.59 Å². The van der Waals surface area contributed by atoms with Crippen molar-refractivity contribution < 1.29 is 14.3 Å². The number of carbonyl (C=O) groups is 1. The standard InChI is InChI=1S/C23H16N4O4S/c1-30-15-10-9-13-17(19(15)31-2)23(29)26-14-7-4-3-6-12(14)20-24-21(28)18(16-8-5-11-32-16)25-27(20)22(13)26/h3-11,22H,1-2H3. The van der Waals surface area contributed by atoms with E-state index in [1.807, 2.05) is 47.8 Å². The number of methoxy groups -OCH3 is 2. The molecule has 1 amide bonds. The Labute approximate surface area is 186 Å². The maximum Gasteiger partial charge on any atom is 0.300 e. The molecule has 0 saturated carbocycles. The van der Waals surface area contributed by atoms with Crippen LogP contribution in [0.15, 0.2) is 58.7 Å². The third kappa shape index (κ3) is 2.36. The van der Waals surface area contributed by atoms with Crippen LogP contribution >= 0.6 is 11.3 Å². The molecule has 2 aliphatic heterocycles. The molecule has 8 nitrogen and oxygen atoms in total. The molecular weight excluding hydrogens is 428 g/mol. The average molecular weight is 444 g/mol. The molecule has 1 atom stereocenters. The van der Waals surface area contributed by atoms with Crippen molar-refractivity contribution in [3.05, 3.63) is 75.4 Å². The van der Waals surface area contributed by atoms with Gasteiger partial charge in [0.2, 0.25) is 0 Å². The van der Waals surface area contributed by atoms with Crippen LogP contribution in [-0.4, -0.2) is 34.9 Å². The zero-order chi connectivity index (χ0) is 22.0. The lowest BCUT2D eigenvalue weighted by atomic mass is 10.0. The average Bonchev–Trinajstić information content (AvgIpc) is 3.45. The first-order valence-corrected chi connectivity index (χ1v) is 10.7. The van der Waals surface area contributed by atoms with Crippen molar-refractivity contribution in [2.45, 2.75) is 6.17 Å². The second-order valence-electron chi connectivity index (χ2n) is 7.34. The Bertz CT molecular complexity index is 1460. The van der Waals surface area contributed by atoms with Crippen LogP contribution in [0.2, 0.25) is 0 Å². The van der Waals surface area contributed by atoms with E-state index in [1.165, 1.54) is 25.6 Å². The summed E-state index contributed by atoms with van der Waals surface area (Å²) in [4.78, 5) is 33.4. The third-order valence-electron chi connectivity index (χ3n) is 5.76. The van der Waals surface area contributed by atoms with Gasteiger partial charge >= 0.3 is 5.56 Å². The molecule has 0 aliphatic carbocycles. The lowest BCUT2D eigenvalue weighted by Crippen LogP contribution is -2.39. The van der Waals surface area contributed by atoms with Gasteiger partial charge in [-0.1, -0.05) is 24.3 Å². The molecule has 0 N–H and O–H groups in total. The van der Waals surface area contributed by atoms with Crippen LogP contribution in [0.25, 0.3) is 22.0 Å². The monoisotopic (exact) mass is 444 g/mol. The first-order valence-electron chi connectivity index (χ1n) is 9.86. The van der Waals surface area contributed by atoms with Crippen LogP contribution in [0.5, 0.6) is 11.5 Å². The number of rotatable bonds is 3. The number of para-hydroxylation sites is 1. The molecule has 2 aliphatic rings. The molecule has 32 heavy (non-hydrogen) atoms. The van der Waals surface area contributed by atoms with Gasteiger partial charge in [-0.3, -0.25) is 14.5 Å². The SMILES string of the molecule is COc1ccc2c(c1OC)C(=O)N1c3ccccc3-c3nc(=O)c(-c4cccs4)nn3C21. The summed E-state index contributed by atoms with van der Waals surface area (Å²) in [6.07, 6.45) is -0.603. The molecule has 0 radical (unpaired) electrons. The van der Waals surface area contributed by atoms with E-state index < -0.39 is 11.7 Å². The Kier molecular flexibility index (Phi) is 3.96. The largest absolute Gasteiger partial charge is 0.493 e. The van der Waals surface area contributed by atoms with Crippen LogP contribution in [0.3, 0.4) is 0 Å².